The Bertz CT molecular complexity index is 778. The molecular weight excluding hydrogens is 331 g/mol. The first kappa shape index (κ1) is 13.5. The molecule has 1 aromatic heterocycles. The maximum atomic E-state index is 13.4. The van der Waals surface area contributed by atoms with E-state index >= 15 is 0 Å². The molecule has 5 nitrogen and oxygen atoms in total. The highest BCUT2D eigenvalue weighted by molar-refractivity contribution is 9.10. The Labute approximate surface area is 121 Å². The van der Waals surface area contributed by atoms with Crippen molar-refractivity contribution in [2.75, 3.05) is 6.61 Å². The highest BCUT2D eigenvalue weighted by Crippen LogP contribution is 2.19. The Morgan fingerprint density at radius 3 is 2.95 bits per heavy atom. The van der Waals surface area contributed by atoms with Crippen molar-refractivity contribution in [2.24, 2.45) is 0 Å². The van der Waals surface area contributed by atoms with Crippen molar-refractivity contribution in [1.29, 1.82) is 0 Å². The minimum atomic E-state index is -0.542. The molecule has 0 spiro atoms. The quantitative estimate of drug-likeness (QED) is 0.904. The lowest BCUT2D eigenvalue weighted by Crippen LogP contribution is -2.38. The lowest BCUT2D eigenvalue weighted by atomic mass is 10.2. The number of H-pyrrole nitrogens is 1. The molecule has 0 amide bonds. The first-order valence-electron chi connectivity index (χ1n) is 6.30. The molecule has 2 heterocycles. The van der Waals surface area contributed by atoms with Crippen molar-refractivity contribution in [1.82, 2.24) is 9.55 Å². The number of aromatic nitrogens is 2. The summed E-state index contributed by atoms with van der Waals surface area (Å²) in [5.74, 6) is -0.524. The van der Waals surface area contributed by atoms with Gasteiger partial charge in [0.1, 0.15) is 5.82 Å². The fourth-order valence-electron chi connectivity index (χ4n) is 2.41. The summed E-state index contributed by atoms with van der Waals surface area (Å²) in [6.07, 6.45) is 1.65. The third-order valence-corrected chi connectivity index (χ3v) is 4.04. The van der Waals surface area contributed by atoms with Crippen LogP contribution in [0.4, 0.5) is 4.39 Å². The van der Waals surface area contributed by atoms with E-state index in [1.807, 2.05) is 0 Å². The molecule has 1 atom stereocenters. The monoisotopic (exact) mass is 342 g/mol. The Hall–Kier alpha value is -1.47. The van der Waals surface area contributed by atoms with Gasteiger partial charge in [-0.25, -0.2) is 9.18 Å². The van der Waals surface area contributed by atoms with Crippen LogP contribution in [-0.2, 0) is 11.3 Å². The van der Waals surface area contributed by atoms with Crippen molar-refractivity contribution in [3.63, 3.8) is 0 Å². The van der Waals surface area contributed by atoms with Crippen LogP contribution in [0.25, 0.3) is 10.9 Å². The van der Waals surface area contributed by atoms with Crippen LogP contribution >= 0.6 is 15.9 Å². The second-order valence-electron chi connectivity index (χ2n) is 4.79. The molecule has 7 heteroatoms. The molecule has 0 radical (unpaired) electrons. The van der Waals surface area contributed by atoms with Crippen LogP contribution in [0.15, 0.2) is 26.2 Å². The van der Waals surface area contributed by atoms with E-state index < -0.39 is 17.1 Å². The van der Waals surface area contributed by atoms with Crippen molar-refractivity contribution in [3.8, 4) is 0 Å². The molecule has 0 saturated carbocycles. The predicted octanol–water partition coefficient (Wildman–Crippen LogP) is 1.77. The molecule has 2 aromatic rings. The van der Waals surface area contributed by atoms with Gasteiger partial charge in [-0.05, 0) is 40.9 Å². The van der Waals surface area contributed by atoms with E-state index in [1.165, 1.54) is 6.07 Å². The third kappa shape index (κ3) is 2.31. The molecule has 1 saturated heterocycles. The van der Waals surface area contributed by atoms with Crippen molar-refractivity contribution in [3.05, 3.63) is 43.3 Å². The largest absolute Gasteiger partial charge is 0.376 e. The van der Waals surface area contributed by atoms with Crippen LogP contribution in [0.3, 0.4) is 0 Å². The summed E-state index contributed by atoms with van der Waals surface area (Å²) in [7, 11) is 0. The van der Waals surface area contributed by atoms with Crippen LogP contribution in [-0.4, -0.2) is 22.3 Å². The second-order valence-corrected chi connectivity index (χ2v) is 5.65. The van der Waals surface area contributed by atoms with Gasteiger partial charge in [0.25, 0.3) is 5.56 Å². The normalized spacial score (nSPS) is 18.8. The first-order valence-corrected chi connectivity index (χ1v) is 7.09. The van der Waals surface area contributed by atoms with Crippen LogP contribution in [0.5, 0.6) is 0 Å². The summed E-state index contributed by atoms with van der Waals surface area (Å²) in [4.78, 5) is 26.8. The Morgan fingerprint density at radius 2 is 2.25 bits per heavy atom. The van der Waals surface area contributed by atoms with E-state index in [0.717, 1.165) is 23.5 Å². The number of ether oxygens (including phenoxy) is 1. The number of rotatable bonds is 2. The van der Waals surface area contributed by atoms with Crippen molar-refractivity contribution in [2.45, 2.75) is 25.5 Å². The molecule has 1 aromatic carbocycles. The van der Waals surface area contributed by atoms with Gasteiger partial charge in [0, 0.05) is 6.61 Å². The van der Waals surface area contributed by atoms with Gasteiger partial charge >= 0.3 is 5.69 Å². The molecular formula is C13H12BrFN2O3. The van der Waals surface area contributed by atoms with Crippen LogP contribution in [0.1, 0.15) is 12.8 Å². The van der Waals surface area contributed by atoms with E-state index in [-0.39, 0.29) is 28.0 Å². The summed E-state index contributed by atoms with van der Waals surface area (Å²) in [5, 5.41) is 0.274. The highest BCUT2D eigenvalue weighted by atomic mass is 79.9. The molecule has 1 N–H and O–H groups in total. The number of nitrogens with zero attached hydrogens (tertiary/aromatic N) is 1. The maximum absolute atomic E-state index is 13.4. The van der Waals surface area contributed by atoms with Crippen LogP contribution < -0.4 is 11.2 Å². The van der Waals surface area contributed by atoms with Gasteiger partial charge in [0.15, 0.2) is 0 Å². The predicted molar refractivity (Wildman–Crippen MR) is 75.5 cm³/mol. The lowest BCUT2D eigenvalue weighted by molar-refractivity contribution is 0.0952. The molecule has 106 valence electrons. The van der Waals surface area contributed by atoms with Crippen LogP contribution in [0.2, 0.25) is 0 Å². The molecule has 0 bridgehead atoms. The first-order chi connectivity index (χ1) is 9.56. The third-order valence-electron chi connectivity index (χ3n) is 3.43. The van der Waals surface area contributed by atoms with Gasteiger partial charge in [0.2, 0.25) is 0 Å². The average Bonchev–Trinajstić information content (AvgIpc) is 2.90. The number of halogens is 2. The average molecular weight is 343 g/mol. The standard InChI is InChI=1S/C13H12BrFN2O3/c14-9-4-8-11(5-10(9)15)16-13(19)17(12(8)18)6-7-2-1-3-20-7/h4-5,7H,1-3,6H2,(H,16,19). The minimum Gasteiger partial charge on any atom is -0.376 e. The topological polar surface area (TPSA) is 64.1 Å². The molecule has 0 aliphatic carbocycles. The number of hydrogen-bond donors (Lipinski definition) is 1. The highest BCUT2D eigenvalue weighted by Gasteiger charge is 2.19. The Morgan fingerprint density at radius 1 is 1.45 bits per heavy atom. The Kier molecular flexibility index (Phi) is 3.47. The number of fused-ring (bicyclic) bond motifs is 1. The lowest BCUT2D eigenvalue weighted by Gasteiger charge is -2.11. The SMILES string of the molecule is O=c1[nH]c2cc(F)c(Br)cc2c(=O)n1CC1CCCO1. The summed E-state index contributed by atoms with van der Waals surface area (Å²) >= 11 is 3.04. The van der Waals surface area contributed by atoms with Crippen LogP contribution in [0, 0.1) is 5.82 Å². The molecule has 3 rings (SSSR count). The molecule has 1 aliphatic rings. The summed E-state index contributed by atoms with van der Waals surface area (Å²) in [6, 6.07) is 2.52. The molecule has 1 unspecified atom stereocenters. The number of nitrogens with one attached hydrogen (secondary N) is 1. The zero-order valence-electron chi connectivity index (χ0n) is 10.5. The number of hydrogen-bond acceptors (Lipinski definition) is 3. The summed E-state index contributed by atoms with van der Waals surface area (Å²) in [6.45, 7) is 0.876. The smallest absolute Gasteiger partial charge is 0.328 e. The molecule has 1 fully saturated rings. The summed E-state index contributed by atoms with van der Waals surface area (Å²) in [5.41, 5.74) is -0.774. The van der Waals surface area contributed by atoms with Gasteiger partial charge < -0.3 is 9.72 Å². The number of benzene rings is 1. The van der Waals surface area contributed by atoms with Crippen molar-refractivity contribution >= 4 is 26.8 Å². The maximum Gasteiger partial charge on any atom is 0.328 e. The minimum absolute atomic E-state index is 0.116. The summed E-state index contributed by atoms with van der Waals surface area (Å²) < 4.78 is 20.2. The van der Waals surface area contributed by atoms with E-state index in [0.29, 0.717) is 6.61 Å². The Balaban J connectivity index is 2.15. The number of aromatic amines is 1. The van der Waals surface area contributed by atoms with Gasteiger partial charge in [-0.2, -0.15) is 0 Å². The molecule has 1 aliphatic heterocycles. The molecule has 20 heavy (non-hydrogen) atoms. The van der Waals surface area contributed by atoms with Gasteiger partial charge in [-0.3, -0.25) is 9.36 Å². The van der Waals surface area contributed by atoms with Gasteiger partial charge in [-0.1, -0.05) is 0 Å². The van der Waals surface area contributed by atoms with Gasteiger partial charge in [-0.15, -0.1) is 0 Å². The van der Waals surface area contributed by atoms with E-state index in [4.69, 9.17) is 4.74 Å². The van der Waals surface area contributed by atoms with E-state index in [9.17, 15) is 14.0 Å². The zero-order chi connectivity index (χ0) is 14.3. The fourth-order valence-corrected chi connectivity index (χ4v) is 2.75. The van der Waals surface area contributed by atoms with Gasteiger partial charge in [0.05, 0.1) is 28.0 Å². The second kappa shape index (κ2) is 5.14. The van der Waals surface area contributed by atoms with Crippen molar-refractivity contribution < 1.29 is 9.13 Å². The zero-order valence-corrected chi connectivity index (χ0v) is 12.1. The van der Waals surface area contributed by atoms with E-state index in [2.05, 4.69) is 20.9 Å². The fraction of sp³-hybridized carbons (Fsp3) is 0.385. The van der Waals surface area contributed by atoms with E-state index in [1.54, 1.807) is 0 Å².